The van der Waals surface area contributed by atoms with Crippen molar-refractivity contribution in [2.45, 2.75) is 19.8 Å². The van der Waals surface area contributed by atoms with E-state index in [2.05, 4.69) is 48.6 Å². The third kappa shape index (κ3) is 4.82. The van der Waals surface area contributed by atoms with Gasteiger partial charge in [-0.3, -0.25) is 4.79 Å². The number of anilines is 1. The largest absolute Gasteiger partial charge is 0.478 e. The summed E-state index contributed by atoms with van der Waals surface area (Å²) in [5.74, 6) is -1.26. The van der Waals surface area contributed by atoms with Crippen LogP contribution in [0.25, 0.3) is 11.1 Å². The Morgan fingerprint density at radius 1 is 0.852 bits per heavy atom. The normalized spacial score (nSPS) is 10.4. The third-order valence-electron chi connectivity index (χ3n) is 4.41. The van der Waals surface area contributed by atoms with Gasteiger partial charge < -0.3 is 10.4 Å². The average Bonchev–Trinajstić information content (AvgIpc) is 2.68. The van der Waals surface area contributed by atoms with Crippen molar-refractivity contribution >= 4 is 17.6 Å². The lowest BCUT2D eigenvalue weighted by Crippen LogP contribution is -2.15. The van der Waals surface area contributed by atoms with Crippen LogP contribution in [0.2, 0.25) is 0 Å². The zero-order valence-corrected chi connectivity index (χ0v) is 15.1. The number of hydrogen-bond donors (Lipinski definition) is 2. The number of hydrogen-bond acceptors (Lipinski definition) is 2. The summed E-state index contributed by atoms with van der Waals surface area (Å²) in [6.45, 7) is 2.06. The summed E-state index contributed by atoms with van der Waals surface area (Å²) in [4.78, 5) is 23.4. The summed E-state index contributed by atoms with van der Waals surface area (Å²) >= 11 is 0. The van der Waals surface area contributed by atoms with Crippen LogP contribution in [-0.4, -0.2) is 17.0 Å². The summed E-state index contributed by atoms with van der Waals surface area (Å²) in [6, 6.07) is 22.9. The molecular weight excluding hydrogens is 338 g/mol. The Morgan fingerprint density at radius 2 is 1.44 bits per heavy atom. The summed E-state index contributed by atoms with van der Waals surface area (Å²) in [7, 11) is 0. The van der Waals surface area contributed by atoms with E-state index in [1.54, 1.807) is 18.2 Å². The number of benzene rings is 3. The van der Waals surface area contributed by atoms with E-state index in [-0.39, 0.29) is 17.9 Å². The fourth-order valence-electron chi connectivity index (χ4n) is 2.86. The highest BCUT2D eigenvalue weighted by Crippen LogP contribution is 2.21. The van der Waals surface area contributed by atoms with Gasteiger partial charge in [-0.15, -0.1) is 0 Å². The number of aromatic carboxylic acids is 1. The zero-order valence-electron chi connectivity index (χ0n) is 15.1. The smallest absolute Gasteiger partial charge is 0.337 e. The second-order valence-electron chi connectivity index (χ2n) is 6.46. The van der Waals surface area contributed by atoms with Crippen LogP contribution in [-0.2, 0) is 11.2 Å². The molecule has 3 aromatic carbocycles. The van der Waals surface area contributed by atoms with Gasteiger partial charge in [-0.2, -0.15) is 0 Å². The maximum Gasteiger partial charge on any atom is 0.337 e. The highest BCUT2D eigenvalue weighted by atomic mass is 16.4. The monoisotopic (exact) mass is 359 g/mol. The SMILES string of the molecule is Cc1ccc(-c2ccc(CCC(=O)Nc3ccccc3C(=O)O)cc2)cc1. The quantitative estimate of drug-likeness (QED) is 0.656. The molecule has 1 amide bonds. The van der Waals surface area contributed by atoms with Crippen molar-refractivity contribution in [3.05, 3.63) is 89.5 Å². The van der Waals surface area contributed by atoms with Crippen LogP contribution in [0.4, 0.5) is 5.69 Å². The standard InChI is InChI=1S/C23H21NO3/c1-16-6-11-18(12-7-16)19-13-8-17(9-14-19)10-15-22(25)24-21-5-3-2-4-20(21)23(26)27/h2-9,11-14H,10,15H2,1H3,(H,24,25)(H,26,27). The average molecular weight is 359 g/mol. The highest BCUT2D eigenvalue weighted by Gasteiger charge is 2.11. The van der Waals surface area contributed by atoms with Gasteiger partial charge in [0.15, 0.2) is 0 Å². The van der Waals surface area contributed by atoms with Crippen LogP contribution in [0.3, 0.4) is 0 Å². The lowest BCUT2D eigenvalue weighted by Gasteiger charge is -2.09. The van der Waals surface area contributed by atoms with Gasteiger partial charge in [0.25, 0.3) is 0 Å². The second-order valence-corrected chi connectivity index (χ2v) is 6.46. The van der Waals surface area contributed by atoms with Gasteiger partial charge in [0, 0.05) is 6.42 Å². The van der Waals surface area contributed by atoms with Crippen LogP contribution in [0.15, 0.2) is 72.8 Å². The minimum atomic E-state index is -1.06. The van der Waals surface area contributed by atoms with Crippen molar-refractivity contribution < 1.29 is 14.7 Å². The molecule has 0 aliphatic carbocycles. The number of aryl methyl sites for hydroxylation is 2. The first-order valence-electron chi connectivity index (χ1n) is 8.81. The topological polar surface area (TPSA) is 66.4 Å². The Balaban J connectivity index is 1.59. The number of carbonyl (C=O) groups excluding carboxylic acids is 1. The van der Waals surface area contributed by atoms with Gasteiger partial charge >= 0.3 is 5.97 Å². The zero-order chi connectivity index (χ0) is 19.2. The second kappa shape index (κ2) is 8.32. The number of carboxylic acid groups (broad SMARTS) is 1. The number of para-hydroxylation sites is 1. The summed E-state index contributed by atoms with van der Waals surface area (Å²) in [5, 5.41) is 11.9. The minimum Gasteiger partial charge on any atom is -0.478 e. The van der Waals surface area contributed by atoms with Gasteiger partial charge in [0.05, 0.1) is 11.3 Å². The lowest BCUT2D eigenvalue weighted by atomic mass is 10.0. The van der Waals surface area contributed by atoms with Gasteiger partial charge in [0.2, 0.25) is 5.91 Å². The van der Waals surface area contributed by atoms with E-state index in [1.165, 1.54) is 11.6 Å². The van der Waals surface area contributed by atoms with E-state index in [0.717, 1.165) is 16.7 Å². The fraction of sp³-hybridized carbons (Fsp3) is 0.130. The molecule has 0 heterocycles. The molecule has 0 aromatic heterocycles. The molecule has 0 saturated carbocycles. The van der Waals surface area contributed by atoms with Gasteiger partial charge in [-0.05, 0) is 42.2 Å². The molecule has 0 aliphatic heterocycles. The highest BCUT2D eigenvalue weighted by molar-refractivity contribution is 6.00. The van der Waals surface area contributed by atoms with Crippen LogP contribution >= 0.6 is 0 Å². The van der Waals surface area contributed by atoms with Crippen LogP contribution in [0, 0.1) is 6.92 Å². The first-order chi connectivity index (χ1) is 13.0. The number of carbonyl (C=O) groups is 2. The molecule has 136 valence electrons. The molecule has 3 aromatic rings. The molecule has 0 saturated heterocycles. The Hall–Kier alpha value is -3.40. The van der Waals surface area contributed by atoms with E-state index < -0.39 is 5.97 Å². The Labute approximate surface area is 158 Å². The lowest BCUT2D eigenvalue weighted by molar-refractivity contribution is -0.116. The molecular formula is C23H21NO3. The van der Waals surface area contributed by atoms with Gasteiger partial charge in [-0.1, -0.05) is 66.2 Å². The van der Waals surface area contributed by atoms with Gasteiger partial charge in [0.1, 0.15) is 0 Å². The minimum absolute atomic E-state index is 0.0910. The van der Waals surface area contributed by atoms with E-state index in [9.17, 15) is 14.7 Å². The summed E-state index contributed by atoms with van der Waals surface area (Å²) in [6.07, 6.45) is 0.882. The van der Waals surface area contributed by atoms with Crippen molar-refractivity contribution in [1.29, 1.82) is 0 Å². The maximum absolute atomic E-state index is 12.2. The molecule has 3 rings (SSSR count). The van der Waals surface area contributed by atoms with Crippen LogP contribution in [0.5, 0.6) is 0 Å². The first-order valence-corrected chi connectivity index (χ1v) is 8.81. The number of carboxylic acids is 1. The van der Waals surface area contributed by atoms with Crippen molar-refractivity contribution in [2.24, 2.45) is 0 Å². The molecule has 27 heavy (non-hydrogen) atoms. The molecule has 0 radical (unpaired) electrons. The molecule has 4 nitrogen and oxygen atoms in total. The number of rotatable bonds is 6. The molecule has 4 heteroatoms. The Bertz CT molecular complexity index is 944. The van der Waals surface area contributed by atoms with Crippen molar-refractivity contribution in [3.8, 4) is 11.1 Å². The van der Waals surface area contributed by atoms with E-state index in [4.69, 9.17) is 0 Å². The molecule has 2 N–H and O–H groups in total. The number of nitrogens with one attached hydrogen (secondary N) is 1. The first kappa shape index (κ1) is 18.4. The molecule has 0 bridgehead atoms. The predicted molar refractivity (Wildman–Crippen MR) is 107 cm³/mol. The number of amides is 1. The van der Waals surface area contributed by atoms with Crippen molar-refractivity contribution in [1.82, 2.24) is 0 Å². The maximum atomic E-state index is 12.2. The molecule has 0 fully saturated rings. The molecule has 0 atom stereocenters. The Morgan fingerprint density at radius 3 is 2.07 bits per heavy atom. The summed E-state index contributed by atoms with van der Waals surface area (Å²) in [5.41, 5.74) is 5.00. The van der Waals surface area contributed by atoms with E-state index >= 15 is 0 Å². The van der Waals surface area contributed by atoms with Crippen LogP contribution in [0.1, 0.15) is 27.9 Å². The van der Waals surface area contributed by atoms with E-state index in [1.807, 2.05) is 12.1 Å². The van der Waals surface area contributed by atoms with Crippen molar-refractivity contribution in [2.75, 3.05) is 5.32 Å². The molecule has 0 aliphatic rings. The fourth-order valence-corrected chi connectivity index (χ4v) is 2.86. The molecule has 0 unspecified atom stereocenters. The van der Waals surface area contributed by atoms with E-state index in [0.29, 0.717) is 12.1 Å². The van der Waals surface area contributed by atoms with Crippen molar-refractivity contribution in [3.63, 3.8) is 0 Å². The van der Waals surface area contributed by atoms with Crippen LogP contribution < -0.4 is 5.32 Å². The molecule has 0 spiro atoms. The third-order valence-corrected chi connectivity index (χ3v) is 4.41. The Kier molecular flexibility index (Phi) is 5.67. The van der Waals surface area contributed by atoms with Gasteiger partial charge in [-0.25, -0.2) is 4.79 Å². The predicted octanol–water partition coefficient (Wildman–Crippen LogP) is 4.93. The summed E-state index contributed by atoms with van der Waals surface area (Å²) < 4.78 is 0.